The van der Waals surface area contributed by atoms with Crippen LogP contribution >= 0.6 is 11.6 Å². The van der Waals surface area contributed by atoms with Crippen LogP contribution in [0, 0.1) is 12.8 Å². The fourth-order valence-corrected chi connectivity index (χ4v) is 5.27. The van der Waals surface area contributed by atoms with Crippen LogP contribution in [0.4, 0.5) is 0 Å². The first-order valence-electron chi connectivity index (χ1n) is 6.49. The highest BCUT2D eigenvalue weighted by atomic mass is 35.5. The Bertz CT molecular complexity index is 603. The molecule has 1 aromatic rings. The summed E-state index contributed by atoms with van der Waals surface area (Å²) in [6.07, 6.45) is 0.948. The molecule has 0 saturated carbocycles. The highest BCUT2D eigenvalue weighted by molar-refractivity contribution is 7.89. The fraction of sp³-hybridized carbons (Fsp3) is 0.538. The van der Waals surface area contributed by atoms with Gasteiger partial charge in [-0.1, -0.05) is 11.6 Å². The molecular weight excluding hydrogens is 284 g/mol. The number of nitrogens with zero attached hydrogens (tertiary/aromatic N) is 1. The fourth-order valence-electron chi connectivity index (χ4n) is 3.14. The van der Waals surface area contributed by atoms with Crippen molar-refractivity contribution in [3.05, 3.63) is 28.8 Å². The lowest BCUT2D eigenvalue weighted by atomic mass is 10.1. The van der Waals surface area contributed by atoms with Crippen LogP contribution in [0.5, 0.6) is 0 Å². The molecule has 0 unspecified atom stereocenters. The molecule has 1 N–H and O–H groups in total. The predicted octanol–water partition coefficient (Wildman–Crippen LogP) is 1.63. The summed E-state index contributed by atoms with van der Waals surface area (Å²) in [7, 11) is -3.41. The molecule has 2 heterocycles. The number of benzene rings is 1. The lowest BCUT2D eigenvalue weighted by Gasteiger charge is -2.23. The van der Waals surface area contributed by atoms with Gasteiger partial charge in [0.1, 0.15) is 0 Å². The maximum Gasteiger partial charge on any atom is 0.243 e. The van der Waals surface area contributed by atoms with Gasteiger partial charge in [0.2, 0.25) is 10.0 Å². The van der Waals surface area contributed by atoms with Gasteiger partial charge in [-0.15, -0.1) is 0 Å². The summed E-state index contributed by atoms with van der Waals surface area (Å²) in [4.78, 5) is 0.379. The Balaban J connectivity index is 1.98. The lowest BCUT2D eigenvalue weighted by Crippen LogP contribution is -2.39. The van der Waals surface area contributed by atoms with E-state index in [0.29, 0.717) is 27.9 Å². The summed E-state index contributed by atoms with van der Waals surface area (Å²) >= 11 is 5.90. The molecule has 2 fully saturated rings. The summed E-state index contributed by atoms with van der Waals surface area (Å²) in [5.41, 5.74) is 0.710. The summed E-state index contributed by atoms with van der Waals surface area (Å²) < 4.78 is 27.2. The summed E-state index contributed by atoms with van der Waals surface area (Å²) in [6, 6.07) is 5.07. The van der Waals surface area contributed by atoms with Crippen LogP contribution in [0.2, 0.25) is 5.02 Å². The second-order valence-electron chi connectivity index (χ2n) is 5.30. The molecule has 0 amide bonds. The van der Waals surface area contributed by atoms with Crippen molar-refractivity contribution in [2.24, 2.45) is 5.92 Å². The van der Waals surface area contributed by atoms with Gasteiger partial charge in [0.25, 0.3) is 0 Å². The number of sulfonamides is 1. The van der Waals surface area contributed by atoms with Gasteiger partial charge < -0.3 is 5.32 Å². The van der Waals surface area contributed by atoms with E-state index < -0.39 is 10.0 Å². The summed E-state index contributed by atoms with van der Waals surface area (Å²) in [5, 5.41) is 3.84. The molecular formula is C13H17ClN2O2S. The standard InChI is InChI=1S/C13H17ClN2O2S/c1-9-6-11(14)2-3-13(9)19(17,18)16-5-4-10-7-15-8-12(10)16/h2-3,6,10,12,15H,4-5,7-8H2,1H3/t10-,12+/m0/s1. The van der Waals surface area contributed by atoms with Gasteiger partial charge in [0, 0.05) is 24.2 Å². The normalized spacial score (nSPS) is 27.7. The molecule has 2 saturated heterocycles. The average Bonchev–Trinajstić information content (AvgIpc) is 2.88. The zero-order chi connectivity index (χ0) is 13.6. The zero-order valence-corrected chi connectivity index (χ0v) is 12.3. The van der Waals surface area contributed by atoms with Crippen molar-refractivity contribution in [3.63, 3.8) is 0 Å². The number of nitrogens with one attached hydrogen (secondary N) is 1. The Morgan fingerprint density at radius 2 is 2.16 bits per heavy atom. The van der Waals surface area contributed by atoms with E-state index in [4.69, 9.17) is 11.6 Å². The van der Waals surface area contributed by atoms with Gasteiger partial charge in [-0.2, -0.15) is 4.31 Å². The molecule has 3 rings (SSSR count). The Hall–Kier alpha value is -0.620. The number of fused-ring (bicyclic) bond motifs is 1. The quantitative estimate of drug-likeness (QED) is 0.903. The highest BCUT2D eigenvalue weighted by Crippen LogP contribution is 2.33. The van der Waals surface area contributed by atoms with Crippen molar-refractivity contribution < 1.29 is 8.42 Å². The van der Waals surface area contributed by atoms with Gasteiger partial charge in [-0.3, -0.25) is 0 Å². The van der Waals surface area contributed by atoms with Crippen molar-refractivity contribution in [3.8, 4) is 0 Å². The Kier molecular flexibility index (Phi) is 3.33. The molecule has 0 bridgehead atoms. The van der Waals surface area contributed by atoms with Crippen molar-refractivity contribution in [1.29, 1.82) is 0 Å². The first-order chi connectivity index (χ1) is 9.00. The molecule has 4 nitrogen and oxygen atoms in total. The molecule has 1 aromatic carbocycles. The molecule has 0 spiro atoms. The van der Waals surface area contributed by atoms with Gasteiger partial charge in [-0.25, -0.2) is 8.42 Å². The Morgan fingerprint density at radius 3 is 2.89 bits per heavy atom. The second-order valence-corrected chi connectivity index (χ2v) is 7.60. The monoisotopic (exact) mass is 300 g/mol. The van der Waals surface area contributed by atoms with E-state index in [1.165, 1.54) is 0 Å². The van der Waals surface area contributed by atoms with Crippen LogP contribution < -0.4 is 5.32 Å². The Labute approximate surface area is 118 Å². The van der Waals surface area contributed by atoms with E-state index in [2.05, 4.69) is 5.32 Å². The minimum absolute atomic E-state index is 0.111. The van der Waals surface area contributed by atoms with Crippen LogP contribution in [0.3, 0.4) is 0 Å². The van der Waals surface area contributed by atoms with Gasteiger partial charge >= 0.3 is 0 Å². The van der Waals surface area contributed by atoms with Crippen LogP contribution in [0.25, 0.3) is 0 Å². The molecule has 2 atom stereocenters. The smallest absolute Gasteiger partial charge is 0.243 e. The van der Waals surface area contributed by atoms with Crippen molar-refractivity contribution >= 4 is 21.6 Å². The maximum atomic E-state index is 12.8. The minimum atomic E-state index is -3.41. The number of hydrogen-bond donors (Lipinski definition) is 1. The van der Waals surface area contributed by atoms with E-state index in [0.717, 1.165) is 19.5 Å². The molecule has 104 valence electrons. The third-order valence-electron chi connectivity index (χ3n) is 4.12. The first kappa shape index (κ1) is 13.4. The zero-order valence-electron chi connectivity index (χ0n) is 10.8. The second kappa shape index (κ2) is 4.74. The summed E-state index contributed by atoms with van der Waals surface area (Å²) in [6.45, 7) is 4.10. The number of hydrogen-bond acceptors (Lipinski definition) is 3. The maximum absolute atomic E-state index is 12.8. The van der Waals surface area contributed by atoms with Gasteiger partial charge in [-0.05, 0) is 49.6 Å². The molecule has 0 aliphatic carbocycles. The molecule has 0 aromatic heterocycles. The minimum Gasteiger partial charge on any atom is -0.315 e. The molecule has 6 heteroatoms. The van der Waals surface area contributed by atoms with E-state index >= 15 is 0 Å². The molecule has 0 radical (unpaired) electrons. The topological polar surface area (TPSA) is 49.4 Å². The van der Waals surface area contributed by atoms with Crippen molar-refractivity contribution in [2.75, 3.05) is 19.6 Å². The van der Waals surface area contributed by atoms with Crippen molar-refractivity contribution in [1.82, 2.24) is 9.62 Å². The third kappa shape index (κ3) is 2.18. The van der Waals surface area contributed by atoms with Gasteiger partial charge in [0.15, 0.2) is 0 Å². The number of rotatable bonds is 2. The first-order valence-corrected chi connectivity index (χ1v) is 8.30. The largest absolute Gasteiger partial charge is 0.315 e. The average molecular weight is 301 g/mol. The summed E-state index contributed by atoms with van der Waals surface area (Å²) in [5.74, 6) is 0.461. The third-order valence-corrected chi connectivity index (χ3v) is 6.44. The number of aryl methyl sites for hydroxylation is 1. The van der Waals surface area contributed by atoms with Crippen LogP contribution in [-0.4, -0.2) is 38.4 Å². The van der Waals surface area contributed by atoms with E-state index in [1.54, 1.807) is 29.4 Å². The lowest BCUT2D eigenvalue weighted by molar-refractivity contribution is 0.382. The predicted molar refractivity (Wildman–Crippen MR) is 74.8 cm³/mol. The van der Waals surface area contributed by atoms with Gasteiger partial charge in [0.05, 0.1) is 4.90 Å². The van der Waals surface area contributed by atoms with Crippen molar-refractivity contribution in [2.45, 2.75) is 24.3 Å². The highest BCUT2D eigenvalue weighted by Gasteiger charge is 2.44. The number of halogens is 1. The SMILES string of the molecule is Cc1cc(Cl)ccc1S(=O)(=O)N1CC[C@H]2CNC[C@H]21. The van der Waals surface area contributed by atoms with E-state index in [9.17, 15) is 8.42 Å². The van der Waals surface area contributed by atoms with E-state index in [-0.39, 0.29) is 6.04 Å². The molecule has 2 aliphatic heterocycles. The Morgan fingerprint density at radius 1 is 1.37 bits per heavy atom. The van der Waals surface area contributed by atoms with Crippen LogP contribution in [-0.2, 0) is 10.0 Å². The van der Waals surface area contributed by atoms with E-state index in [1.807, 2.05) is 0 Å². The molecule has 2 aliphatic rings. The van der Waals surface area contributed by atoms with Crippen LogP contribution in [0.1, 0.15) is 12.0 Å². The van der Waals surface area contributed by atoms with Crippen LogP contribution in [0.15, 0.2) is 23.1 Å². The molecule has 19 heavy (non-hydrogen) atoms.